The molecule has 2 aliphatic heterocycles. The molecule has 176 valence electrons. The summed E-state index contributed by atoms with van der Waals surface area (Å²) < 4.78 is 0. The first-order chi connectivity index (χ1) is 15.8. The monoisotopic (exact) mass is 450 g/mol. The Labute approximate surface area is 195 Å². The number of amides is 1. The number of aromatic nitrogens is 1. The molecule has 2 N–H and O–H groups in total. The van der Waals surface area contributed by atoms with E-state index in [2.05, 4.69) is 47.7 Å². The lowest BCUT2D eigenvalue weighted by atomic mass is 9.74. The third-order valence-corrected chi connectivity index (χ3v) is 7.36. The first kappa shape index (κ1) is 23.4. The molecule has 0 aliphatic carbocycles. The van der Waals surface area contributed by atoms with Gasteiger partial charge in [0.25, 0.3) is 5.91 Å². The lowest BCUT2D eigenvalue weighted by Crippen LogP contribution is -2.45. The highest BCUT2D eigenvalue weighted by atomic mass is 16.5. The number of rotatable bonds is 6. The van der Waals surface area contributed by atoms with E-state index in [9.17, 15) is 9.59 Å². The van der Waals surface area contributed by atoms with E-state index in [-0.39, 0.29) is 5.41 Å². The van der Waals surface area contributed by atoms with Crippen molar-refractivity contribution in [1.82, 2.24) is 15.4 Å². The maximum absolute atomic E-state index is 13.2. The number of hydrogen-bond acceptors (Lipinski definition) is 6. The first-order valence-corrected chi connectivity index (χ1v) is 11.8. The summed E-state index contributed by atoms with van der Waals surface area (Å²) in [4.78, 5) is 34.1. The largest absolute Gasteiger partial charge is 0.365 e. The van der Waals surface area contributed by atoms with Crippen LogP contribution < -0.4 is 10.4 Å². The summed E-state index contributed by atoms with van der Waals surface area (Å²) in [6.45, 7) is 10.00. The number of nitrogens with zero attached hydrogens (tertiary/aromatic N) is 3. The number of pyridine rings is 1. The number of carbonyl (C=O) groups excluding carboxylic acids is 2. The first-order valence-electron chi connectivity index (χ1n) is 11.8. The number of likely N-dealkylation sites (tertiary alicyclic amines) is 1. The maximum atomic E-state index is 13.2. The van der Waals surface area contributed by atoms with Crippen LogP contribution in [0.2, 0.25) is 0 Å². The highest BCUT2D eigenvalue weighted by Crippen LogP contribution is 2.34. The molecule has 0 radical (unpaired) electrons. The molecule has 1 amide bonds. The highest BCUT2D eigenvalue weighted by Gasteiger charge is 2.36. The van der Waals surface area contributed by atoms with Gasteiger partial charge in [-0.05, 0) is 75.5 Å². The predicted molar refractivity (Wildman–Crippen MR) is 127 cm³/mol. The van der Waals surface area contributed by atoms with Gasteiger partial charge in [0.05, 0.1) is 17.8 Å². The van der Waals surface area contributed by atoms with E-state index in [0.29, 0.717) is 30.4 Å². The summed E-state index contributed by atoms with van der Waals surface area (Å²) >= 11 is 0. The fraction of sp³-hybridized carbons (Fsp3) is 0.500. The minimum absolute atomic E-state index is 0.242. The van der Waals surface area contributed by atoms with E-state index in [1.165, 1.54) is 6.20 Å². The van der Waals surface area contributed by atoms with Gasteiger partial charge >= 0.3 is 0 Å². The van der Waals surface area contributed by atoms with E-state index in [1.54, 1.807) is 11.5 Å². The van der Waals surface area contributed by atoms with Gasteiger partial charge in [-0.25, -0.2) is 5.48 Å². The van der Waals surface area contributed by atoms with Gasteiger partial charge in [0.15, 0.2) is 0 Å². The second-order valence-corrected chi connectivity index (χ2v) is 9.90. The average Bonchev–Trinajstić information content (AvgIpc) is 2.83. The van der Waals surface area contributed by atoms with Crippen molar-refractivity contribution >= 4 is 17.4 Å². The normalized spacial score (nSPS) is 18.2. The lowest BCUT2D eigenvalue weighted by molar-refractivity contribution is -0.130. The number of hydrogen-bond donors (Lipinski definition) is 2. The van der Waals surface area contributed by atoms with Crippen LogP contribution in [-0.4, -0.2) is 52.5 Å². The summed E-state index contributed by atoms with van der Waals surface area (Å²) in [5.74, 6) is -0.211. The second kappa shape index (κ2) is 9.61. The van der Waals surface area contributed by atoms with Crippen molar-refractivity contribution in [3.63, 3.8) is 0 Å². The molecule has 0 atom stereocenters. The fourth-order valence-electron chi connectivity index (χ4n) is 4.90. The molecule has 7 nitrogen and oxygen atoms in total. The molecule has 0 unspecified atom stereocenters. The Morgan fingerprint density at radius 2 is 1.94 bits per heavy atom. The third-order valence-electron chi connectivity index (χ3n) is 7.36. The Morgan fingerprint density at radius 1 is 1.18 bits per heavy atom. The molecule has 2 aromatic rings. The van der Waals surface area contributed by atoms with Crippen LogP contribution in [0, 0.1) is 5.41 Å². The summed E-state index contributed by atoms with van der Waals surface area (Å²) in [5.41, 5.74) is 5.88. The van der Waals surface area contributed by atoms with E-state index < -0.39 is 5.91 Å². The molecule has 3 heterocycles. The molecular weight excluding hydrogens is 416 g/mol. The van der Waals surface area contributed by atoms with E-state index in [4.69, 9.17) is 5.21 Å². The van der Waals surface area contributed by atoms with Gasteiger partial charge in [0, 0.05) is 36.3 Å². The van der Waals surface area contributed by atoms with Crippen LogP contribution in [0.4, 0.5) is 5.69 Å². The van der Waals surface area contributed by atoms with Gasteiger partial charge < -0.3 is 9.80 Å². The maximum Gasteiger partial charge on any atom is 0.276 e. The molecule has 2 aliphatic rings. The Balaban J connectivity index is 1.42. The molecule has 0 spiro atoms. The molecule has 4 rings (SSSR count). The molecule has 33 heavy (non-hydrogen) atoms. The van der Waals surface area contributed by atoms with E-state index >= 15 is 0 Å². The number of fused-ring (bicyclic) bond motifs is 1. The zero-order valence-electron chi connectivity index (χ0n) is 19.8. The molecule has 1 saturated heterocycles. The van der Waals surface area contributed by atoms with Crippen LogP contribution in [0.1, 0.15) is 60.8 Å². The quantitative estimate of drug-likeness (QED) is 0.518. The number of carbonyl (C=O) groups is 2. The predicted octanol–water partition coefficient (Wildman–Crippen LogP) is 3.39. The van der Waals surface area contributed by atoms with Crippen LogP contribution in [0.5, 0.6) is 0 Å². The Morgan fingerprint density at radius 3 is 2.64 bits per heavy atom. The second-order valence-electron chi connectivity index (χ2n) is 9.90. The number of anilines is 1. The Kier molecular flexibility index (Phi) is 6.81. The fourth-order valence-corrected chi connectivity index (χ4v) is 4.90. The van der Waals surface area contributed by atoms with Crippen molar-refractivity contribution in [3.05, 3.63) is 58.9 Å². The molecule has 1 aromatic heterocycles. The zero-order chi connectivity index (χ0) is 23.6. The summed E-state index contributed by atoms with van der Waals surface area (Å²) in [6, 6.07) is 10.6. The number of ketones is 1. The van der Waals surface area contributed by atoms with Crippen molar-refractivity contribution in [2.24, 2.45) is 5.41 Å². The highest BCUT2D eigenvalue weighted by molar-refractivity contribution is 5.93. The van der Waals surface area contributed by atoms with Gasteiger partial charge in [-0.15, -0.1) is 0 Å². The smallest absolute Gasteiger partial charge is 0.276 e. The van der Waals surface area contributed by atoms with Crippen molar-refractivity contribution in [2.75, 3.05) is 24.5 Å². The number of nitrogens with one attached hydrogen (secondary N) is 1. The molecule has 7 heteroatoms. The van der Waals surface area contributed by atoms with E-state index in [0.717, 1.165) is 61.4 Å². The summed E-state index contributed by atoms with van der Waals surface area (Å²) in [6.07, 6.45) is 4.58. The number of piperidine rings is 1. The van der Waals surface area contributed by atoms with Crippen LogP contribution in [-0.2, 0) is 24.2 Å². The summed E-state index contributed by atoms with van der Waals surface area (Å²) in [5, 5.41) is 8.84. The van der Waals surface area contributed by atoms with Crippen LogP contribution in [0.25, 0.3) is 0 Å². The van der Waals surface area contributed by atoms with Crippen molar-refractivity contribution in [1.29, 1.82) is 0 Å². The molecule has 0 bridgehead atoms. The summed E-state index contributed by atoms with van der Waals surface area (Å²) in [7, 11) is 0. The topological polar surface area (TPSA) is 85.8 Å². The SMILES string of the molecule is CC(C)N1CCC(C)(C(=O)Cc2cccc(N3CCc4cc(C(=O)NO)cnc4C3)c2)CC1. The number of Topliss-reactive ketones (excluding diaryl/α,β-unsaturated/α-hetero) is 1. The van der Waals surface area contributed by atoms with Gasteiger partial charge in [0.2, 0.25) is 0 Å². The van der Waals surface area contributed by atoms with Gasteiger partial charge in [-0.1, -0.05) is 19.1 Å². The van der Waals surface area contributed by atoms with Gasteiger partial charge in [0.1, 0.15) is 5.78 Å². The standard InChI is InChI=1S/C26H34N4O3/c1-18(2)29-11-8-26(3,9-12-29)24(31)14-19-5-4-6-22(13-19)30-10-7-20-15-21(25(32)28-33)16-27-23(20)17-30/h4-6,13,15-16,18,33H,7-12,14,17H2,1-3H3,(H,28,32). The van der Waals surface area contributed by atoms with Crippen molar-refractivity contribution in [2.45, 2.75) is 59.0 Å². The van der Waals surface area contributed by atoms with Gasteiger partial charge in [-0.2, -0.15) is 0 Å². The van der Waals surface area contributed by atoms with Crippen LogP contribution in [0.3, 0.4) is 0 Å². The lowest BCUT2D eigenvalue weighted by Gasteiger charge is -2.40. The minimum atomic E-state index is -0.548. The zero-order valence-corrected chi connectivity index (χ0v) is 19.8. The molecular formula is C26H34N4O3. The van der Waals surface area contributed by atoms with Crippen molar-refractivity contribution < 1.29 is 14.8 Å². The van der Waals surface area contributed by atoms with Gasteiger partial charge in [-0.3, -0.25) is 19.8 Å². The van der Waals surface area contributed by atoms with Crippen LogP contribution in [0.15, 0.2) is 36.5 Å². The third kappa shape index (κ3) is 5.09. The molecule has 1 aromatic carbocycles. The minimum Gasteiger partial charge on any atom is -0.365 e. The number of hydroxylamine groups is 1. The Bertz CT molecular complexity index is 1030. The van der Waals surface area contributed by atoms with Crippen molar-refractivity contribution in [3.8, 4) is 0 Å². The van der Waals surface area contributed by atoms with Crippen LogP contribution >= 0.6 is 0 Å². The van der Waals surface area contributed by atoms with E-state index in [1.807, 2.05) is 12.1 Å². The molecule has 0 saturated carbocycles. The number of benzene rings is 1. The average molecular weight is 451 g/mol. The Hall–Kier alpha value is -2.77. The molecule has 1 fully saturated rings.